The Morgan fingerprint density at radius 2 is 2.08 bits per heavy atom. The van der Waals surface area contributed by atoms with Gasteiger partial charge in [0.1, 0.15) is 11.9 Å². The van der Waals surface area contributed by atoms with E-state index in [4.69, 9.17) is 5.26 Å². The normalized spacial score (nSPS) is 15.0. The molecular weight excluding hydrogens is 306 g/mol. The van der Waals surface area contributed by atoms with Crippen molar-refractivity contribution in [1.29, 1.82) is 5.26 Å². The SMILES string of the molecule is CC(C)NC(=O)C(=O)NCC1CCN(c2ncccc2C#N)CC1. The van der Waals surface area contributed by atoms with Crippen LogP contribution in [0.25, 0.3) is 0 Å². The number of nitrogens with zero attached hydrogens (tertiary/aromatic N) is 3. The van der Waals surface area contributed by atoms with Gasteiger partial charge in [-0.3, -0.25) is 9.59 Å². The lowest BCUT2D eigenvalue weighted by Gasteiger charge is -2.33. The van der Waals surface area contributed by atoms with E-state index in [1.54, 1.807) is 18.3 Å². The van der Waals surface area contributed by atoms with Crippen molar-refractivity contribution in [3.63, 3.8) is 0 Å². The number of hydrogen-bond donors (Lipinski definition) is 2. The highest BCUT2D eigenvalue weighted by molar-refractivity contribution is 6.35. The van der Waals surface area contributed by atoms with Gasteiger partial charge in [0.2, 0.25) is 0 Å². The van der Waals surface area contributed by atoms with Gasteiger partial charge < -0.3 is 15.5 Å². The summed E-state index contributed by atoms with van der Waals surface area (Å²) < 4.78 is 0. The molecule has 0 aromatic carbocycles. The number of aromatic nitrogens is 1. The van der Waals surface area contributed by atoms with Crippen LogP contribution < -0.4 is 15.5 Å². The Hall–Kier alpha value is -2.62. The number of anilines is 1. The van der Waals surface area contributed by atoms with Crippen molar-refractivity contribution >= 4 is 17.6 Å². The van der Waals surface area contributed by atoms with Crippen molar-refractivity contribution < 1.29 is 9.59 Å². The first kappa shape index (κ1) is 17.7. The van der Waals surface area contributed by atoms with E-state index < -0.39 is 11.8 Å². The summed E-state index contributed by atoms with van der Waals surface area (Å²) in [6.45, 7) is 5.68. The van der Waals surface area contributed by atoms with E-state index in [-0.39, 0.29) is 6.04 Å². The highest BCUT2D eigenvalue weighted by Gasteiger charge is 2.23. The molecule has 0 bridgehead atoms. The smallest absolute Gasteiger partial charge is 0.309 e. The van der Waals surface area contributed by atoms with Crippen LogP contribution in [0, 0.1) is 17.2 Å². The van der Waals surface area contributed by atoms with Gasteiger partial charge in [0, 0.05) is 31.9 Å². The average molecular weight is 329 g/mol. The Kier molecular flexibility index (Phi) is 6.13. The second-order valence-corrected chi connectivity index (χ2v) is 6.25. The molecular formula is C17H23N5O2. The molecule has 0 aliphatic carbocycles. The van der Waals surface area contributed by atoms with E-state index in [1.165, 1.54) is 0 Å². The van der Waals surface area contributed by atoms with Gasteiger partial charge in [-0.05, 0) is 44.7 Å². The van der Waals surface area contributed by atoms with Crippen LogP contribution in [0.3, 0.4) is 0 Å². The quantitative estimate of drug-likeness (QED) is 0.797. The van der Waals surface area contributed by atoms with E-state index in [1.807, 2.05) is 13.8 Å². The third-order valence-electron chi connectivity index (χ3n) is 4.00. The Morgan fingerprint density at radius 1 is 1.38 bits per heavy atom. The van der Waals surface area contributed by atoms with Crippen LogP contribution >= 0.6 is 0 Å². The Labute approximate surface area is 142 Å². The number of piperidine rings is 1. The summed E-state index contributed by atoms with van der Waals surface area (Å²) in [5.74, 6) is -0.123. The fourth-order valence-electron chi connectivity index (χ4n) is 2.73. The number of pyridine rings is 1. The van der Waals surface area contributed by atoms with Crippen LogP contribution in [0.2, 0.25) is 0 Å². The number of hydrogen-bond acceptors (Lipinski definition) is 5. The number of nitrogens with one attached hydrogen (secondary N) is 2. The standard InChI is InChI=1S/C17H23N5O2/c1-12(2)21-17(24)16(23)20-11-13-5-8-22(9-6-13)15-14(10-18)4-3-7-19-15/h3-4,7,12-13H,5-6,8-9,11H2,1-2H3,(H,20,23)(H,21,24). The van der Waals surface area contributed by atoms with Crippen LogP contribution in [0.5, 0.6) is 0 Å². The molecule has 0 radical (unpaired) electrons. The molecule has 0 atom stereocenters. The summed E-state index contributed by atoms with van der Waals surface area (Å²) in [5.41, 5.74) is 0.578. The fourth-order valence-corrected chi connectivity index (χ4v) is 2.73. The molecule has 2 amide bonds. The minimum absolute atomic E-state index is 0.0563. The maximum absolute atomic E-state index is 11.7. The van der Waals surface area contributed by atoms with Crippen LogP contribution in [0.1, 0.15) is 32.3 Å². The first-order chi connectivity index (χ1) is 11.5. The number of amides is 2. The lowest BCUT2D eigenvalue weighted by Crippen LogP contribution is -2.45. The molecule has 1 saturated heterocycles. The summed E-state index contributed by atoms with van der Waals surface area (Å²) in [5, 5.41) is 14.4. The van der Waals surface area contributed by atoms with Crippen molar-refractivity contribution in [2.45, 2.75) is 32.7 Å². The largest absolute Gasteiger partial charge is 0.356 e. The molecule has 1 aliphatic heterocycles. The van der Waals surface area contributed by atoms with Crippen molar-refractivity contribution in [3.8, 4) is 6.07 Å². The first-order valence-electron chi connectivity index (χ1n) is 8.20. The van der Waals surface area contributed by atoms with Crippen LogP contribution in [-0.4, -0.2) is 42.5 Å². The number of nitriles is 1. The van der Waals surface area contributed by atoms with Crippen molar-refractivity contribution in [2.75, 3.05) is 24.5 Å². The number of carbonyl (C=O) groups is 2. The molecule has 2 N–H and O–H groups in total. The van der Waals surface area contributed by atoms with Gasteiger partial charge in [0.25, 0.3) is 0 Å². The van der Waals surface area contributed by atoms with E-state index in [2.05, 4.69) is 26.6 Å². The van der Waals surface area contributed by atoms with Gasteiger partial charge in [-0.15, -0.1) is 0 Å². The summed E-state index contributed by atoms with van der Waals surface area (Å²) in [7, 11) is 0. The van der Waals surface area contributed by atoms with Crippen molar-refractivity contribution in [2.24, 2.45) is 5.92 Å². The molecule has 2 rings (SSSR count). The Morgan fingerprint density at radius 3 is 2.71 bits per heavy atom. The predicted molar refractivity (Wildman–Crippen MR) is 90.2 cm³/mol. The van der Waals surface area contributed by atoms with E-state index >= 15 is 0 Å². The van der Waals surface area contributed by atoms with Gasteiger partial charge in [0.15, 0.2) is 0 Å². The van der Waals surface area contributed by atoms with Gasteiger partial charge in [-0.2, -0.15) is 5.26 Å². The summed E-state index contributed by atoms with van der Waals surface area (Å²) >= 11 is 0. The van der Waals surface area contributed by atoms with Gasteiger partial charge in [-0.1, -0.05) is 0 Å². The van der Waals surface area contributed by atoms with Crippen LogP contribution in [0.4, 0.5) is 5.82 Å². The zero-order valence-corrected chi connectivity index (χ0v) is 14.1. The summed E-state index contributed by atoms with van der Waals surface area (Å²) in [6, 6.07) is 5.63. The third-order valence-corrected chi connectivity index (χ3v) is 4.00. The van der Waals surface area contributed by atoms with E-state index in [0.29, 0.717) is 18.0 Å². The Bertz CT molecular complexity index is 630. The van der Waals surface area contributed by atoms with Gasteiger partial charge >= 0.3 is 11.8 Å². The summed E-state index contributed by atoms with van der Waals surface area (Å²) in [6.07, 6.45) is 3.46. The molecule has 0 unspecified atom stereocenters. The Balaban J connectivity index is 1.80. The second kappa shape index (κ2) is 8.29. The molecule has 1 aliphatic rings. The summed E-state index contributed by atoms with van der Waals surface area (Å²) in [4.78, 5) is 29.7. The highest BCUT2D eigenvalue weighted by atomic mass is 16.2. The predicted octanol–water partition coefficient (Wildman–Crippen LogP) is 0.810. The van der Waals surface area contributed by atoms with Crippen molar-refractivity contribution in [3.05, 3.63) is 23.9 Å². The van der Waals surface area contributed by atoms with Gasteiger partial charge in [-0.25, -0.2) is 4.98 Å². The zero-order valence-electron chi connectivity index (χ0n) is 14.1. The molecule has 24 heavy (non-hydrogen) atoms. The molecule has 7 heteroatoms. The molecule has 1 aromatic heterocycles. The zero-order chi connectivity index (χ0) is 17.5. The molecule has 128 valence electrons. The third kappa shape index (κ3) is 4.69. The highest BCUT2D eigenvalue weighted by Crippen LogP contribution is 2.23. The molecule has 0 saturated carbocycles. The van der Waals surface area contributed by atoms with Crippen LogP contribution in [-0.2, 0) is 9.59 Å². The van der Waals surface area contributed by atoms with E-state index in [0.717, 1.165) is 31.7 Å². The second-order valence-electron chi connectivity index (χ2n) is 6.25. The minimum atomic E-state index is -0.588. The van der Waals surface area contributed by atoms with Crippen LogP contribution in [0.15, 0.2) is 18.3 Å². The number of carbonyl (C=O) groups excluding carboxylic acids is 2. The minimum Gasteiger partial charge on any atom is -0.356 e. The fraction of sp³-hybridized carbons (Fsp3) is 0.529. The van der Waals surface area contributed by atoms with Gasteiger partial charge in [0.05, 0.1) is 5.56 Å². The molecule has 2 heterocycles. The monoisotopic (exact) mass is 329 g/mol. The molecule has 7 nitrogen and oxygen atoms in total. The number of rotatable bonds is 4. The molecule has 1 aromatic rings. The lowest BCUT2D eigenvalue weighted by atomic mass is 9.96. The maximum atomic E-state index is 11.7. The first-order valence-corrected chi connectivity index (χ1v) is 8.20. The average Bonchev–Trinajstić information content (AvgIpc) is 2.59. The van der Waals surface area contributed by atoms with E-state index in [9.17, 15) is 9.59 Å². The maximum Gasteiger partial charge on any atom is 0.309 e. The molecule has 0 spiro atoms. The van der Waals surface area contributed by atoms with Crippen molar-refractivity contribution in [1.82, 2.24) is 15.6 Å². The topological polar surface area (TPSA) is 98.1 Å². The lowest BCUT2D eigenvalue weighted by molar-refractivity contribution is -0.139. The molecule has 1 fully saturated rings.